The quantitative estimate of drug-likeness (QED) is 0.901. The predicted octanol–water partition coefficient (Wildman–Crippen LogP) is 3.95. The fourth-order valence-corrected chi connectivity index (χ4v) is 3.57. The van der Waals surface area contributed by atoms with E-state index in [1.807, 2.05) is 0 Å². The van der Waals surface area contributed by atoms with Crippen LogP contribution in [0.3, 0.4) is 0 Å². The number of benzene rings is 1. The molecule has 2 aromatic rings. The van der Waals surface area contributed by atoms with Crippen molar-refractivity contribution in [3.8, 4) is 11.1 Å². The Labute approximate surface area is 151 Å². The molecule has 1 aromatic heterocycles. The number of carbonyl (C=O) groups is 2. The van der Waals surface area contributed by atoms with Gasteiger partial charge in [0.05, 0.1) is 22.5 Å². The summed E-state index contributed by atoms with van der Waals surface area (Å²) in [5.74, 6) is -1.27. The van der Waals surface area contributed by atoms with E-state index in [0.717, 1.165) is 12.8 Å². The first-order valence-corrected chi connectivity index (χ1v) is 8.57. The second-order valence-corrected chi connectivity index (χ2v) is 6.66. The molecule has 1 amide bonds. The third-order valence-electron chi connectivity index (χ3n) is 4.49. The fraction of sp³-hybridized carbons (Fsp3) is 0.316. The van der Waals surface area contributed by atoms with Crippen molar-refractivity contribution in [2.45, 2.75) is 26.7 Å². The summed E-state index contributed by atoms with van der Waals surface area (Å²) < 4.78 is 0. The number of carboxylic acids is 1. The van der Waals surface area contributed by atoms with Crippen LogP contribution in [0.25, 0.3) is 11.1 Å². The Balaban J connectivity index is 2.31. The van der Waals surface area contributed by atoms with Crippen LogP contribution in [-0.4, -0.2) is 40.0 Å². The largest absolute Gasteiger partial charge is 0.478 e. The van der Waals surface area contributed by atoms with E-state index in [4.69, 9.17) is 11.6 Å². The summed E-state index contributed by atoms with van der Waals surface area (Å²) in [5.41, 5.74) is 2.34. The third kappa shape index (κ3) is 3.24. The monoisotopic (exact) mass is 358 g/mol. The summed E-state index contributed by atoms with van der Waals surface area (Å²) in [6.45, 7) is 4.76. The summed E-state index contributed by atoms with van der Waals surface area (Å²) in [6.07, 6.45) is 1.92. The molecule has 1 aliphatic heterocycles. The van der Waals surface area contributed by atoms with Gasteiger partial charge >= 0.3 is 5.97 Å². The standard InChI is InChI=1S/C19H19ClN2O3/c1-11-15(18(23)22-8-3-4-9-22)17(13-6-5-7-14(20)10-13)16(19(24)25)12(2)21-11/h5-7,10H,3-4,8-9H2,1-2H3,(H,24,25). The zero-order chi connectivity index (χ0) is 18.1. The molecule has 0 spiro atoms. The first-order valence-electron chi connectivity index (χ1n) is 8.20. The van der Waals surface area contributed by atoms with Crippen molar-refractivity contribution < 1.29 is 14.7 Å². The summed E-state index contributed by atoms with van der Waals surface area (Å²) >= 11 is 6.11. The second-order valence-electron chi connectivity index (χ2n) is 6.22. The van der Waals surface area contributed by atoms with Gasteiger partial charge in [-0.15, -0.1) is 0 Å². The van der Waals surface area contributed by atoms with E-state index >= 15 is 0 Å². The van der Waals surface area contributed by atoms with Crippen LogP contribution < -0.4 is 0 Å². The normalized spacial score (nSPS) is 14.0. The number of aromatic nitrogens is 1. The molecule has 3 rings (SSSR count). The number of rotatable bonds is 3. The van der Waals surface area contributed by atoms with Crippen molar-refractivity contribution in [1.29, 1.82) is 0 Å². The third-order valence-corrected chi connectivity index (χ3v) is 4.73. The lowest BCUT2D eigenvalue weighted by Crippen LogP contribution is -2.30. The molecule has 0 bridgehead atoms. The van der Waals surface area contributed by atoms with Gasteiger partial charge in [-0.05, 0) is 44.4 Å². The van der Waals surface area contributed by atoms with Gasteiger partial charge in [0.1, 0.15) is 0 Å². The van der Waals surface area contributed by atoms with E-state index in [0.29, 0.717) is 46.2 Å². The Bertz CT molecular complexity index is 858. The van der Waals surface area contributed by atoms with Gasteiger partial charge in [-0.1, -0.05) is 23.7 Å². The van der Waals surface area contributed by atoms with Crippen molar-refractivity contribution in [2.24, 2.45) is 0 Å². The van der Waals surface area contributed by atoms with Crippen LogP contribution in [0, 0.1) is 13.8 Å². The molecule has 1 aromatic carbocycles. The van der Waals surface area contributed by atoms with E-state index in [1.165, 1.54) is 0 Å². The van der Waals surface area contributed by atoms with Gasteiger partial charge in [0.25, 0.3) is 5.91 Å². The number of likely N-dealkylation sites (tertiary alicyclic amines) is 1. The first-order chi connectivity index (χ1) is 11.9. The first kappa shape index (κ1) is 17.4. The maximum absolute atomic E-state index is 13.1. The zero-order valence-corrected chi connectivity index (χ0v) is 14.9. The van der Waals surface area contributed by atoms with Crippen molar-refractivity contribution in [3.63, 3.8) is 0 Å². The van der Waals surface area contributed by atoms with Gasteiger partial charge in [-0.2, -0.15) is 0 Å². The molecule has 6 heteroatoms. The van der Waals surface area contributed by atoms with Gasteiger partial charge < -0.3 is 10.0 Å². The Morgan fingerprint density at radius 1 is 1.12 bits per heavy atom. The Kier molecular flexibility index (Phi) is 4.77. The SMILES string of the molecule is Cc1nc(C)c(C(=O)N2CCCC2)c(-c2cccc(Cl)c2)c1C(=O)O. The number of hydrogen-bond donors (Lipinski definition) is 1. The van der Waals surface area contributed by atoms with E-state index in [2.05, 4.69) is 4.98 Å². The van der Waals surface area contributed by atoms with Crippen molar-refractivity contribution in [3.05, 3.63) is 51.8 Å². The number of halogens is 1. The molecule has 1 N–H and O–H groups in total. The molecule has 1 aliphatic rings. The van der Waals surface area contributed by atoms with Crippen molar-refractivity contribution in [1.82, 2.24) is 9.88 Å². The van der Waals surface area contributed by atoms with Crippen LogP contribution in [0.15, 0.2) is 24.3 Å². The van der Waals surface area contributed by atoms with Crippen LogP contribution in [0.5, 0.6) is 0 Å². The number of aromatic carboxylic acids is 1. The van der Waals surface area contributed by atoms with Gasteiger partial charge in [0.2, 0.25) is 0 Å². The summed E-state index contributed by atoms with van der Waals surface area (Å²) in [5, 5.41) is 10.2. The van der Waals surface area contributed by atoms with Crippen LogP contribution in [0.2, 0.25) is 5.02 Å². The lowest BCUT2D eigenvalue weighted by Gasteiger charge is -2.21. The number of amides is 1. The number of carbonyl (C=O) groups excluding carboxylic acids is 1. The number of aryl methyl sites for hydroxylation is 2. The Hall–Kier alpha value is -2.40. The highest BCUT2D eigenvalue weighted by atomic mass is 35.5. The molecule has 5 nitrogen and oxygen atoms in total. The lowest BCUT2D eigenvalue weighted by atomic mass is 9.92. The lowest BCUT2D eigenvalue weighted by molar-refractivity contribution is 0.0696. The highest BCUT2D eigenvalue weighted by Gasteiger charge is 2.29. The fourth-order valence-electron chi connectivity index (χ4n) is 3.38. The molecular weight excluding hydrogens is 340 g/mol. The topological polar surface area (TPSA) is 70.5 Å². The summed E-state index contributed by atoms with van der Waals surface area (Å²) in [6, 6.07) is 6.92. The molecule has 0 atom stereocenters. The van der Waals surface area contributed by atoms with Crippen LogP contribution in [0.1, 0.15) is 44.9 Å². The number of pyridine rings is 1. The second kappa shape index (κ2) is 6.84. The number of hydrogen-bond acceptors (Lipinski definition) is 3. The van der Waals surface area contributed by atoms with Crippen LogP contribution in [-0.2, 0) is 0 Å². The van der Waals surface area contributed by atoms with Crippen molar-refractivity contribution >= 4 is 23.5 Å². The maximum Gasteiger partial charge on any atom is 0.338 e. The van der Waals surface area contributed by atoms with Gasteiger partial charge in [-0.25, -0.2) is 4.79 Å². The van der Waals surface area contributed by atoms with Crippen LogP contribution in [0.4, 0.5) is 0 Å². The minimum atomic E-state index is -1.10. The molecule has 0 radical (unpaired) electrons. The molecule has 1 saturated heterocycles. The van der Waals surface area contributed by atoms with E-state index in [9.17, 15) is 14.7 Å². The number of carboxylic acid groups (broad SMARTS) is 1. The molecular formula is C19H19ClN2O3. The molecule has 0 saturated carbocycles. The number of nitrogens with zero attached hydrogens (tertiary/aromatic N) is 2. The van der Waals surface area contributed by atoms with E-state index in [1.54, 1.807) is 43.0 Å². The molecule has 1 fully saturated rings. The van der Waals surface area contributed by atoms with Gasteiger partial charge in [0, 0.05) is 23.7 Å². The van der Waals surface area contributed by atoms with Gasteiger partial charge in [0.15, 0.2) is 0 Å². The maximum atomic E-state index is 13.1. The average Bonchev–Trinajstić information content (AvgIpc) is 3.07. The molecule has 0 aliphatic carbocycles. The molecule has 25 heavy (non-hydrogen) atoms. The molecule has 130 valence electrons. The zero-order valence-electron chi connectivity index (χ0n) is 14.2. The molecule has 0 unspecified atom stereocenters. The molecule has 2 heterocycles. The highest BCUT2D eigenvalue weighted by molar-refractivity contribution is 6.31. The van der Waals surface area contributed by atoms with Crippen molar-refractivity contribution in [2.75, 3.05) is 13.1 Å². The minimum Gasteiger partial charge on any atom is -0.478 e. The Morgan fingerprint density at radius 2 is 1.76 bits per heavy atom. The van der Waals surface area contributed by atoms with Gasteiger partial charge in [-0.3, -0.25) is 9.78 Å². The van der Waals surface area contributed by atoms with E-state index < -0.39 is 5.97 Å². The predicted molar refractivity (Wildman–Crippen MR) is 96.3 cm³/mol. The summed E-state index contributed by atoms with van der Waals surface area (Å²) in [4.78, 5) is 31.1. The van der Waals surface area contributed by atoms with E-state index in [-0.39, 0.29) is 11.5 Å². The average molecular weight is 359 g/mol. The highest BCUT2D eigenvalue weighted by Crippen LogP contribution is 2.34. The summed E-state index contributed by atoms with van der Waals surface area (Å²) in [7, 11) is 0. The van der Waals surface area contributed by atoms with Crippen LogP contribution >= 0.6 is 11.6 Å². The minimum absolute atomic E-state index is 0.0513. The smallest absolute Gasteiger partial charge is 0.338 e. The Morgan fingerprint density at radius 3 is 2.36 bits per heavy atom.